The summed E-state index contributed by atoms with van der Waals surface area (Å²) in [5, 5.41) is 6.05. The zero-order valence-corrected chi connectivity index (χ0v) is 41.2. The second kappa shape index (κ2) is 20.3. The van der Waals surface area contributed by atoms with Crippen LogP contribution in [0.1, 0.15) is 117 Å². The molecule has 3 aromatic carbocycles. The number of carbonyl (C=O) groups is 4. The number of hydrogen-bond acceptors (Lipinski definition) is 10. The van der Waals surface area contributed by atoms with Gasteiger partial charge in [0.1, 0.15) is 23.9 Å². The predicted molar refractivity (Wildman–Crippen MR) is 256 cm³/mol. The zero-order valence-electron chi connectivity index (χ0n) is 39.4. The Morgan fingerprint density at radius 3 is 2.34 bits per heavy atom. The number of nitrogens with zero attached hydrogens (tertiary/aromatic N) is 3. The number of nitrogens with one attached hydrogen (secondary N) is 2. The van der Waals surface area contributed by atoms with Crippen molar-refractivity contribution in [1.82, 2.24) is 25.1 Å². The van der Waals surface area contributed by atoms with Crippen LogP contribution in [-0.2, 0) is 28.4 Å². The number of para-hydroxylation sites is 1. The number of rotatable bonds is 16. The summed E-state index contributed by atoms with van der Waals surface area (Å²) in [5.74, 6) is -3.65. The molecule has 2 aliphatic carbocycles. The molecule has 3 aliphatic heterocycles. The normalized spacial score (nSPS) is 27.0. The topological polar surface area (TPSA) is 147 Å². The molecule has 3 amide bonds. The first-order valence-corrected chi connectivity index (χ1v) is 26.9. The van der Waals surface area contributed by atoms with Gasteiger partial charge >= 0.3 is 19.9 Å². The molecule has 1 unspecified atom stereocenters. The first-order valence-electron chi connectivity index (χ1n) is 24.4. The molecular weight excluding hydrogens is 950 g/mol. The number of ether oxygens (including phenoxy) is 2. The lowest BCUT2D eigenvalue weighted by atomic mass is 9.85. The summed E-state index contributed by atoms with van der Waals surface area (Å²) in [6, 6.07) is 20.7. The molecule has 376 valence electrons. The molecule has 2 saturated carbocycles. The number of likely N-dealkylation sites (tertiary alicyclic amines) is 1. The average Bonchev–Trinajstić information content (AvgIpc) is 3.59. The minimum Gasteiger partial charge on any atom is -0.465 e. The highest BCUT2D eigenvalue weighted by atomic mass is 32.1. The van der Waals surface area contributed by atoms with E-state index in [-0.39, 0.29) is 83.5 Å². The zero-order chi connectivity index (χ0) is 49.5. The van der Waals surface area contributed by atoms with Crippen LogP contribution in [-0.4, -0.2) is 113 Å². The molecule has 1 spiro atoms. The van der Waals surface area contributed by atoms with Gasteiger partial charge in [0, 0.05) is 40.8 Å². The maximum Gasteiger partial charge on any atom is 0.522 e. The monoisotopic (exact) mass is 1010 g/mol. The van der Waals surface area contributed by atoms with Crippen LogP contribution in [0.15, 0.2) is 84.9 Å². The van der Waals surface area contributed by atoms with Crippen LogP contribution >= 0.6 is 18.9 Å². The molecule has 13 nitrogen and oxygen atoms in total. The number of hydrogen-bond donors (Lipinski definition) is 2. The second-order valence-corrected chi connectivity index (χ2v) is 22.9. The van der Waals surface area contributed by atoms with E-state index in [1.807, 2.05) is 37.1 Å². The van der Waals surface area contributed by atoms with Gasteiger partial charge in [-0.15, -0.1) is 24.5 Å². The standard InChI is InChI=1S/C51H60F4N5O8PS/c1-4-23-66-49(64)31(2)57-69(65,68-39-13-9-6-10-14-39)45(52)33-15-20-43-34(24-33)25-44(70-43)46(61)56-41-18-16-36(58(3)38-27-40(28-38)67-51(53,54)55)26-37-17-19-42(60(37)47(41)62)48(63)59-30-35(29-50(59)21-22-50)32-11-7-5-8-12-32/h5-15,20,24-25,31,35-38,40-42,45H,4,16-19,21-23,26-30H2,1-3H3,(H,56,61)(H,57,65)/t31-,35?,36-,37+,38?,40?,41-,42-,45+,69+/m0/s1. The van der Waals surface area contributed by atoms with E-state index in [9.17, 15) is 36.9 Å². The maximum absolute atomic E-state index is 16.7. The minimum atomic E-state index is -4.72. The quantitative estimate of drug-likeness (QED) is 0.0632. The number of fused-ring (bicyclic) bond motifs is 2. The Bertz CT molecular complexity index is 2600. The first-order chi connectivity index (χ1) is 33.4. The number of halogens is 4. The highest BCUT2D eigenvalue weighted by Gasteiger charge is 2.59. The van der Waals surface area contributed by atoms with Gasteiger partial charge in [0.15, 0.2) is 0 Å². The summed E-state index contributed by atoms with van der Waals surface area (Å²) in [6.45, 7) is 3.93. The molecule has 8 atom stereocenters. The van der Waals surface area contributed by atoms with Crippen molar-refractivity contribution in [2.45, 2.75) is 151 Å². The lowest BCUT2D eigenvalue weighted by molar-refractivity contribution is -0.354. The molecule has 5 fully saturated rings. The lowest BCUT2D eigenvalue weighted by Crippen LogP contribution is -2.60. The summed E-state index contributed by atoms with van der Waals surface area (Å²) >= 11 is 1.13. The highest BCUT2D eigenvalue weighted by molar-refractivity contribution is 7.57. The molecule has 5 aliphatic rings. The number of amides is 3. The van der Waals surface area contributed by atoms with Gasteiger partial charge in [-0.2, -0.15) is 0 Å². The van der Waals surface area contributed by atoms with Gasteiger partial charge in [0.05, 0.1) is 17.6 Å². The van der Waals surface area contributed by atoms with Crippen LogP contribution in [0, 0.1) is 0 Å². The van der Waals surface area contributed by atoms with Crippen LogP contribution < -0.4 is 14.9 Å². The van der Waals surface area contributed by atoms with Crippen molar-refractivity contribution < 1.29 is 55.3 Å². The Labute approximate surface area is 409 Å². The Morgan fingerprint density at radius 2 is 1.66 bits per heavy atom. The van der Waals surface area contributed by atoms with Crippen molar-refractivity contribution in [3.05, 3.63) is 101 Å². The van der Waals surface area contributed by atoms with Gasteiger partial charge in [-0.1, -0.05) is 61.5 Å². The van der Waals surface area contributed by atoms with Crippen LogP contribution in [0.4, 0.5) is 17.6 Å². The SMILES string of the molecule is CCCOC(=O)[C@H](C)N[P@](=O)(Oc1ccccc1)[C@@H](F)c1ccc2sc(C(=O)N[C@H]3CC[C@H](N(C)C4CC(OC(F)(F)F)C4)C[C@H]4CC[C@@H](C(=O)N5CC(c6ccccc6)CC56CC6)N4C3=O)cc2c1. The van der Waals surface area contributed by atoms with E-state index >= 15 is 4.39 Å². The van der Waals surface area contributed by atoms with Crippen molar-refractivity contribution in [3.63, 3.8) is 0 Å². The van der Waals surface area contributed by atoms with Gasteiger partial charge in [-0.25, -0.2) is 9.48 Å². The summed E-state index contributed by atoms with van der Waals surface area (Å²) in [4.78, 5) is 62.9. The fraction of sp³-hybridized carbons (Fsp3) is 0.529. The summed E-state index contributed by atoms with van der Waals surface area (Å²) in [6.07, 6.45) is 0.192. The Hall–Kier alpha value is -4.87. The Balaban J connectivity index is 0.952. The molecule has 0 radical (unpaired) electrons. The molecule has 2 N–H and O–H groups in total. The third-order valence-electron chi connectivity index (χ3n) is 15.0. The summed E-state index contributed by atoms with van der Waals surface area (Å²) < 4.78 is 86.3. The van der Waals surface area contributed by atoms with E-state index in [1.54, 1.807) is 35.2 Å². The van der Waals surface area contributed by atoms with Gasteiger partial charge in [-0.3, -0.25) is 28.5 Å². The number of benzene rings is 3. The minimum absolute atomic E-state index is 0.0249. The predicted octanol–water partition coefficient (Wildman–Crippen LogP) is 9.63. The Morgan fingerprint density at radius 1 is 0.943 bits per heavy atom. The fourth-order valence-corrected chi connectivity index (χ4v) is 13.9. The number of carbonyl (C=O) groups excluding carboxylic acids is 4. The van der Waals surface area contributed by atoms with E-state index in [0.717, 1.165) is 30.6 Å². The highest BCUT2D eigenvalue weighted by Crippen LogP contribution is 2.58. The molecule has 19 heteroatoms. The van der Waals surface area contributed by atoms with E-state index in [2.05, 4.69) is 32.2 Å². The van der Waals surface area contributed by atoms with Crippen molar-refractivity contribution in [2.24, 2.45) is 0 Å². The Kier molecular flexibility index (Phi) is 14.5. The summed E-state index contributed by atoms with van der Waals surface area (Å²) in [7, 11) is -2.63. The smallest absolute Gasteiger partial charge is 0.465 e. The molecule has 9 rings (SSSR count). The van der Waals surface area contributed by atoms with E-state index in [1.165, 1.54) is 36.8 Å². The van der Waals surface area contributed by atoms with Gasteiger partial charge < -0.3 is 29.3 Å². The molecule has 0 bridgehead atoms. The third kappa shape index (κ3) is 10.7. The first kappa shape index (κ1) is 50.1. The maximum atomic E-state index is 16.7. The van der Waals surface area contributed by atoms with Crippen LogP contribution in [0.25, 0.3) is 10.1 Å². The van der Waals surface area contributed by atoms with Gasteiger partial charge in [0.25, 0.3) is 5.91 Å². The largest absolute Gasteiger partial charge is 0.522 e. The molecule has 4 aromatic rings. The van der Waals surface area contributed by atoms with E-state index in [4.69, 9.17) is 9.26 Å². The number of thiophene rings is 1. The van der Waals surface area contributed by atoms with Crippen LogP contribution in [0.5, 0.6) is 5.75 Å². The molecule has 1 aromatic heterocycles. The number of alkyl halides is 4. The van der Waals surface area contributed by atoms with E-state index < -0.39 is 55.9 Å². The second-order valence-electron chi connectivity index (χ2n) is 19.7. The third-order valence-corrected chi connectivity index (χ3v) is 18.2. The van der Waals surface area contributed by atoms with Crippen molar-refractivity contribution in [2.75, 3.05) is 20.2 Å². The summed E-state index contributed by atoms with van der Waals surface area (Å²) in [5.41, 5.74) is 0.905. The molecule has 3 saturated heterocycles. The van der Waals surface area contributed by atoms with Crippen LogP contribution in [0.2, 0.25) is 0 Å². The molecule has 70 heavy (non-hydrogen) atoms. The van der Waals surface area contributed by atoms with Crippen molar-refractivity contribution in [1.29, 1.82) is 0 Å². The molecular formula is C51H60F4N5O8PS. The average molecular weight is 1010 g/mol. The van der Waals surface area contributed by atoms with Gasteiger partial charge in [0.2, 0.25) is 17.7 Å². The lowest BCUT2D eigenvalue weighted by Gasteiger charge is -2.47. The number of esters is 1. The van der Waals surface area contributed by atoms with Crippen molar-refractivity contribution in [3.8, 4) is 5.75 Å². The van der Waals surface area contributed by atoms with Gasteiger partial charge in [-0.05, 0) is 131 Å². The fourth-order valence-electron chi connectivity index (χ4n) is 11.0. The van der Waals surface area contributed by atoms with Crippen LogP contribution in [0.3, 0.4) is 0 Å². The molecule has 4 heterocycles. The van der Waals surface area contributed by atoms with E-state index in [0.29, 0.717) is 48.7 Å². The van der Waals surface area contributed by atoms with Crippen molar-refractivity contribution >= 4 is 52.6 Å².